The standard InChI is InChI=1S/C24H29ClN2O2/c1-17-10-12-18(13-11-17)23(29)27-14-6-8-20(16-27)22(28)26-24(2,3)15-19-7-4-5-9-21(19)25/h4-5,7,9-13,20H,6,8,14-16H2,1-3H3,(H,26,28). The van der Waals surface area contributed by atoms with Crippen LogP contribution in [0.3, 0.4) is 0 Å². The minimum absolute atomic E-state index is 0.00201. The highest BCUT2D eigenvalue weighted by Gasteiger charge is 2.32. The van der Waals surface area contributed by atoms with Gasteiger partial charge >= 0.3 is 0 Å². The van der Waals surface area contributed by atoms with Gasteiger partial charge < -0.3 is 10.2 Å². The van der Waals surface area contributed by atoms with E-state index in [-0.39, 0.29) is 17.7 Å². The Bertz CT molecular complexity index is 877. The minimum Gasteiger partial charge on any atom is -0.351 e. The Morgan fingerprint density at radius 1 is 1.14 bits per heavy atom. The van der Waals surface area contributed by atoms with Crippen molar-refractivity contribution >= 4 is 23.4 Å². The number of carbonyl (C=O) groups excluding carboxylic acids is 2. The average molecular weight is 413 g/mol. The van der Waals surface area contributed by atoms with Crippen LogP contribution in [0.25, 0.3) is 0 Å². The number of hydrogen-bond acceptors (Lipinski definition) is 2. The Morgan fingerprint density at radius 3 is 2.52 bits per heavy atom. The van der Waals surface area contributed by atoms with Crippen LogP contribution in [0.15, 0.2) is 48.5 Å². The quantitative estimate of drug-likeness (QED) is 0.777. The number of amides is 2. The van der Waals surface area contributed by atoms with Crippen molar-refractivity contribution in [3.63, 3.8) is 0 Å². The summed E-state index contributed by atoms with van der Waals surface area (Å²) < 4.78 is 0. The summed E-state index contributed by atoms with van der Waals surface area (Å²) in [6.45, 7) is 7.17. The number of rotatable bonds is 5. The van der Waals surface area contributed by atoms with Crippen molar-refractivity contribution in [1.82, 2.24) is 10.2 Å². The average Bonchev–Trinajstić information content (AvgIpc) is 2.69. The molecule has 2 amide bonds. The van der Waals surface area contributed by atoms with Gasteiger partial charge in [0.2, 0.25) is 5.91 Å². The maximum Gasteiger partial charge on any atom is 0.253 e. The van der Waals surface area contributed by atoms with E-state index in [2.05, 4.69) is 5.32 Å². The van der Waals surface area contributed by atoms with Gasteiger partial charge in [0.15, 0.2) is 0 Å². The first-order valence-electron chi connectivity index (χ1n) is 10.2. The fourth-order valence-corrected chi connectivity index (χ4v) is 4.05. The molecule has 4 nitrogen and oxygen atoms in total. The number of carbonyl (C=O) groups is 2. The molecule has 0 saturated carbocycles. The zero-order valence-corrected chi connectivity index (χ0v) is 18.1. The van der Waals surface area contributed by atoms with Crippen LogP contribution in [0.5, 0.6) is 0 Å². The van der Waals surface area contributed by atoms with Gasteiger partial charge in [-0.05, 0) is 63.8 Å². The molecule has 2 aromatic rings. The predicted octanol–water partition coefficient (Wildman–Crippen LogP) is 4.64. The van der Waals surface area contributed by atoms with Crippen molar-refractivity contribution in [2.24, 2.45) is 5.92 Å². The summed E-state index contributed by atoms with van der Waals surface area (Å²) in [5, 5.41) is 3.88. The summed E-state index contributed by atoms with van der Waals surface area (Å²) in [5.74, 6) is -0.190. The number of piperidine rings is 1. The first kappa shape index (κ1) is 21.4. The zero-order chi connectivity index (χ0) is 21.0. The summed E-state index contributed by atoms with van der Waals surface area (Å²) in [7, 11) is 0. The van der Waals surface area contributed by atoms with E-state index in [1.54, 1.807) is 4.90 Å². The Balaban J connectivity index is 1.62. The Kier molecular flexibility index (Phi) is 6.63. The summed E-state index contributed by atoms with van der Waals surface area (Å²) in [6, 6.07) is 15.3. The molecule has 1 unspecified atom stereocenters. The lowest BCUT2D eigenvalue weighted by molar-refractivity contribution is -0.127. The van der Waals surface area contributed by atoms with E-state index in [9.17, 15) is 9.59 Å². The normalized spacial score (nSPS) is 17.1. The molecule has 0 bridgehead atoms. The smallest absolute Gasteiger partial charge is 0.253 e. The van der Waals surface area contributed by atoms with Crippen molar-refractivity contribution in [2.75, 3.05) is 13.1 Å². The Morgan fingerprint density at radius 2 is 1.83 bits per heavy atom. The van der Waals surface area contributed by atoms with Crippen molar-refractivity contribution in [2.45, 2.75) is 45.6 Å². The maximum atomic E-state index is 13.0. The topological polar surface area (TPSA) is 49.4 Å². The molecule has 5 heteroatoms. The van der Waals surface area contributed by atoms with Crippen LogP contribution in [-0.4, -0.2) is 35.3 Å². The third-order valence-electron chi connectivity index (χ3n) is 5.43. The third kappa shape index (κ3) is 5.60. The Hall–Kier alpha value is -2.33. The molecule has 1 aliphatic heterocycles. The molecule has 1 atom stereocenters. The molecular weight excluding hydrogens is 384 g/mol. The van der Waals surface area contributed by atoms with Crippen molar-refractivity contribution in [3.05, 3.63) is 70.2 Å². The first-order valence-corrected chi connectivity index (χ1v) is 10.5. The number of nitrogens with one attached hydrogen (secondary N) is 1. The largest absolute Gasteiger partial charge is 0.351 e. The van der Waals surface area contributed by atoms with E-state index < -0.39 is 5.54 Å². The van der Waals surface area contributed by atoms with E-state index in [4.69, 9.17) is 11.6 Å². The van der Waals surface area contributed by atoms with Crippen molar-refractivity contribution in [3.8, 4) is 0 Å². The number of likely N-dealkylation sites (tertiary alicyclic amines) is 1. The maximum absolute atomic E-state index is 13.0. The van der Waals surface area contributed by atoms with Gasteiger partial charge in [-0.15, -0.1) is 0 Å². The van der Waals surface area contributed by atoms with Gasteiger partial charge in [0, 0.05) is 29.2 Å². The van der Waals surface area contributed by atoms with Gasteiger partial charge in [-0.1, -0.05) is 47.5 Å². The summed E-state index contributed by atoms with van der Waals surface area (Å²) in [4.78, 5) is 27.6. The molecule has 3 rings (SSSR count). The molecule has 2 aromatic carbocycles. The monoisotopic (exact) mass is 412 g/mol. The van der Waals surface area contributed by atoms with E-state index >= 15 is 0 Å². The van der Waals surface area contributed by atoms with Crippen LogP contribution >= 0.6 is 11.6 Å². The highest BCUT2D eigenvalue weighted by atomic mass is 35.5. The van der Waals surface area contributed by atoms with Crippen LogP contribution in [0.4, 0.5) is 0 Å². The van der Waals surface area contributed by atoms with Gasteiger partial charge in [0.05, 0.1) is 5.92 Å². The second-order valence-electron chi connectivity index (χ2n) is 8.60. The molecule has 1 heterocycles. The second kappa shape index (κ2) is 9.00. The third-order valence-corrected chi connectivity index (χ3v) is 5.80. The molecule has 29 heavy (non-hydrogen) atoms. The van der Waals surface area contributed by atoms with E-state index in [1.165, 1.54) is 0 Å². The fraction of sp³-hybridized carbons (Fsp3) is 0.417. The SMILES string of the molecule is Cc1ccc(C(=O)N2CCCC(C(=O)NC(C)(C)Cc3ccccc3Cl)C2)cc1. The fourth-order valence-electron chi connectivity index (χ4n) is 3.85. The molecule has 0 radical (unpaired) electrons. The van der Waals surface area contributed by atoms with Gasteiger partial charge in [-0.3, -0.25) is 9.59 Å². The van der Waals surface area contributed by atoms with Crippen LogP contribution in [-0.2, 0) is 11.2 Å². The molecule has 1 aliphatic rings. The molecule has 1 saturated heterocycles. The van der Waals surface area contributed by atoms with Crippen molar-refractivity contribution < 1.29 is 9.59 Å². The van der Waals surface area contributed by atoms with Crippen LogP contribution < -0.4 is 5.32 Å². The Labute approximate surface area is 178 Å². The number of benzene rings is 2. The number of aryl methyl sites for hydroxylation is 1. The summed E-state index contributed by atoms with van der Waals surface area (Å²) in [5.41, 5.74) is 2.39. The van der Waals surface area contributed by atoms with E-state index in [1.807, 2.05) is 69.3 Å². The van der Waals surface area contributed by atoms with E-state index in [0.29, 0.717) is 30.1 Å². The van der Waals surface area contributed by atoms with Gasteiger partial charge in [-0.2, -0.15) is 0 Å². The predicted molar refractivity (Wildman–Crippen MR) is 117 cm³/mol. The van der Waals surface area contributed by atoms with Crippen LogP contribution in [0, 0.1) is 12.8 Å². The highest BCUT2D eigenvalue weighted by Crippen LogP contribution is 2.23. The molecule has 1 N–H and O–H groups in total. The number of nitrogens with zero attached hydrogens (tertiary/aromatic N) is 1. The summed E-state index contributed by atoms with van der Waals surface area (Å²) in [6.07, 6.45) is 2.28. The van der Waals surface area contributed by atoms with Gasteiger partial charge in [-0.25, -0.2) is 0 Å². The van der Waals surface area contributed by atoms with E-state index in [0.717, 1.165) is 24.0 Å². The molecule has 0 spiro atoms. The van der Waals surface area contributed by atoms with Gasteiger partial charge in [0.1, 0.15) is 0 Å². The van der Waals surface area contributed by atoms with Crippen LogP contribution in [0.1, 0.15) is 48.2 Å². The molecule has 0 aromatic heterocycles. The lowest BCUT2D eigenvalue weighted by Crippen LogP contribution is -2.51. The highest BCUT2D eigenvalue weighted by molar-refractivity contribution is 6.31. The first-order chi connectivity index (χ1) is 13.7. The van der Waals surface area contributed by atoms with Gasteiger partial charge in [0.25, 0.3) is 5.91 Å². The number of halogens is 1. The lowest BCUT2D eigenvalue weighted by atomic mass is 9.91. The lowest BCUT2D eigenvalue weighted by Gasteiger charge is -2.35. The van der Waals surface area contributed by atoms with Crippen molar-refractivity contribution in [1.29, 1.82) is 0 Å². The second-order valence-corrected chi connectivity index (χ2v) is 9.00. The zero-order valence-electron chi connectivity index (χ0n) is 17.4. The molecule has 154 valence electrons. The molecular formula is C24H29ClN2O2. The summed E-state index contributed by atoms with van der Waals surface area (Å²) >= 11 is 6.28. The number of hydrogen-bond donors (Lipinski definition) is 1. The minimum atomic E-state index is -0.425. The molecule has 0 aliphatic carbocycles. The molecule has 1 fully saturated rings. The van der Waals surface area contributed by atoms with Crippen LogP contribution in [0.2, 0.25) is 5.02 Å².